The molecular formula is C15H24N2O4. The Labute approximate surface area is 124 Å². The van der Waals surface area contributed by atoms with Gasteiger partial charge in [0.25, 0.3) is 0 Å². The molecule has 1 amide bonds. The molecular weight excluding hydrogens is 272 g/mol. The second kappa shape index (κ2) is 6.32. The molecule has 0 bridgehead atoms. The Balaban J connectivity index is 1.58. The van der Waals surface area contributed by atoms with Crippen LogP contribution in [0, 0.1) is 5.92 Å². The Morgan fingerprint density at radius 2 is 1.95 bits per heavy atom. The third-order valence-corrected chi connectivity index (χ3v) is 5.10. The normalized spacial score (nSPS) is 36.9. The van der Waals surface area contributed by atoms with E-state index in [1.165, 1.54) is 19.3 Å². The quantitative estimate of drug-likeness (QED) is 0.780. The van der Waals surface area contributed by atoms with Crippen LogP contribution in [0.5, 0.6) is 0 Å². The summed E-state index contributed by atoms with van der Waals surface area (Å²) in [7, 11) is 0. The van der Waals surface area contributed by atoms with Crippen molar-refractivity contribution in [2.24, 2.45) is 5.92 Å². The number of carboxylic acid groups (broad SMARTS) is 1. The SMILES string of the molecule is O=C(O)C1CN(C(=O)C2CCC3CCCCC3N2)CCO1. The molecule has 1 aliphatic carbocycles. The van der Waals surface area contributed by atoms with E-state index in [1.807, 2.05) is 0 Å². The lowest BCUT2D eigenvalue weighted by Crippen LogP contribution is -2.58. The van der Waals surface area contributed by atoms with Crippen LogP contribution in [0.25, 0.3) is 0 Å². The Kier molecular flexibility index (Phi) is 4.45. The molecule has 118 valence electrons. The van der Waals surface area contributed by atoms with Crippen molar-refractivity contribution in [2.75, 3.05) is 19.7 Å². The van der Waals surface area contributed by atoms with Crippen molar-refractivity contribution in [3.63, 3.8) is 0 Å². The number of fused-ring (bicyclic) bond motifs is 1. The summed E-state index contributed by atoms with van der Waals surface area (Å²) in [5.41, 5.74) is 0. The number of carbonyl (C=O) groups is 2. The zero-order valence-corrected chi connectivity index (χ0v) is 12.3. The highest BCUT2D eigenvalue weighted by molar-refractivity contribution is 5.83. The first kappa shape index (κ1) is 14.8. The molecule has 3 aliphatic rings. The van der Waals surface area contributed by atoms with Crippen molar-refractivity contribution in [3.05, 3.63) is 0 Å². The summed E-state index contributed by atoms with van der Waals surface area (Å²) in [5, 5.41) is 12.5. The molecule has 21 heavy (non-hydrogen) atoms. The topological polar surface area (TPSA) is 78.9 Å². The molecule has 2 N–H and O–H groups in total. The molecule has 1 saturated carbocycles. The molecule has 4 atom stereocenters. The molecule has 0 spiro atoms. The molecule has 6 heteroatoms. The van der Waals surface area contributed by atoms with Crippen molar-refractivity contribution in [1.29, 1.82) is 0 Å². The van der Waals surface area contributed by atoms with Gasteiger partial charge in [0.1, 0.15) is 0 Å². The van der Waals surface area contributed by atoms with E-state index in [0.29, 0.717) is 19.2 Å². The summed E-state index contributed by atoms with van der Waals surface area (Å²) in [6.07, 6.45) is 6.09. The summed E-state index contributed by atoms with van der Waals surface area (Å²) in [6, 6.07) is 0.328. The summed E-state index contributed by atoms with van der Waals surface area (Å²) in [5.74, 6) is -0.218. The molecule has 2 aliphatic heterocycles. The number of morpholine rings is 1. The molecule has 0 aromatic rings. The molecule has 3 rings (SSSR count). The molecule has 2 saturated heterocycles. The van der Waals surface area contributed by atoms with Gasteiger partial charge in [-0.2, -0.15) is 0 Å². The third kappa shape index (κ3) is 3.21. The zero-order valence-electron chi connectivity index (χ0n) is 12.3. The maximum atomic E-state index is 12.6. The number of piperidine rings is 1. The van der Waals surface area contributed by atoms with Crippen LogP contribution in [-0.4, -0.2) is 59.8 Å². The highest BCUT2D eigenvalue weighted by atomic mass is 16.5. The molecule has 0 radical (unpaired) electrons. The Morgan fingerprint density at radius 1 is 1.14 bits per heavy atom. The van der Waals surface area contributed by atoms with Crippen LogP contribution in [-0.2, 0) is 14.3 Å². The number of carboxylic acids is 1. The van der Waals surface area contributed by atoms with E-state index < -0.39 is 12.1 Å². The summed E-state index contributed by atoms with van der Waals surface area (Å²) >= 11 is 0. The van der Waals surface area contributed by atoms with Crippen LogP contribution >= 0.6 is 0 Å². The van der Waals surface area contributed by atoms with Crippen molar-refractivity contribution in [3.8, 4) is 0 Å². The number of nitrogens with one attached hydrogen (secondary N) is 1. The van der Waals surface area contributed by atoms with Crippen LogP contribution in [0.3, 0.4) is 0 Å². The fourth-order valence-corrected chi connectivity index (χ4v) is 3.91. The lowest BCUT2D eigenvalue weighted by molar-refractivity contribution is -0.160. The van der Waals surface area contributed by atoms with E-state index in [-0.39, 0.29) is 18.5 Å². The summed E-state index contributed by atoms with van der Waals surface area (Å²) < 4.78 is 5.18. The number of ether oxygens (including phenoxy) is 1. The molecule has 0 aromatic carbocycles. The second-order valence-electron chi connectivity index (χ2n) is 6.43. The van der Waals surface area contributed by atoms with Gasteiger partial charge in [-0.3, -0.25) is 4.79 Å². The van der Waals surface area contributed by atoms with Gasteiger partial charge in [-0.05, 0) is 31.6 Å². The number of amides is 1. The number of rotatable bonds is 2. The van der Waals surface area contributed by atoms with Crippen molar-refractivity contribution in [1.82, 2.24) is 10.2 Å². The largest absolute Gasteiger partial charge is 0.479 e. The van der Waals surface area contributed by atoms with Gasteiger partial charge in [0, 0.05) is 12.6 Å². The van der Waals surface area contributed by atoms with Gasteiger partial charge in [0.2, 0.25) is 5.91 Å². The average Bonchev–Trinajstić information content (AvgIpc) is 2.53. The minimum absolute atomic E-state index is 0.0496. The average molecular weight is 296 g/mol. The van der Waals surface area contributed by atoms with E-state index in [1.54, 1.807) is 4.90 Å². The minimum atomic E-state index is -0.989. The standard InChI is InChI=1S/C15H24N2O4/c18-14(17-7-8-21-13(9-17)15(19)20)12-6-5-10-3-1-2-4-11(10)16-12/h10-13,16H,1-9H2,(H,19,20). The first-order chi connectivity index (χ1) is 10.1. The van der Waals surface area contributed by atoms with E-state index in [0.717, 1.165) is 25.2 Å². The Morgan fingerprint density at radius 3 is 2.76 bits per heavy atom. The fraction of sp³-hybridized carbons (Fsp3) is 0.867. The van der Waals surface area contributed by atoms with Crippen molar-refractivity contribution in [2.45, 2.75) is 56.7 Å². The number of hydrogen-bond donors (Lipinski definition) is 2. The van der Waals surface area contributed by atoms with Gasteiger partial charge in [0.05, 0.1) is 19.2 Å². The molecule has 2 heterocycles. The van der Waals surface area contributed by atoms with Gasteiger partial charge < -0.3 is 20.1 Å². The molecule has 0 aromatic heterocycles. The van der Waals surface area contributed by atoms with Crippen molar-refractivity contribution < 1.29 is 19.4 Å². The van der Waals surface area contributed by atoms with Gasteiger partial charge in [-0.15, -0.1) is 0 Å². The second-order valence-corrected chi connectivity index (χ2v) is 6.43. The zero-order chi connectivity index (χ0) is 14.8. The van der Waals surface area contributed by atoms with Crippen molar-refractivity contribution >= 4 is 11.9 Å². The predicted octanol–water partition coefficient (Wildman–Crippen LogP) is 0.609. The minimum Gasteiger partial charge on any atom is -0.479 e. The summed E-state index contributed by atoms with van der Waals surface area (Å²) in [6.45, 7) is 0.969. The Bertz CT molecular complexity index is 414. The molecule has 3 fully saturated rings. The maximum Gasteiger partial charge on any atom is 0.334 e. The predicted molar refractivity (Wildman–Crippen MR) is 75.9 cm³/mol. The summed E-state index contributed by atoms with van der Waals surface area (Å²) in [4.78, 5) is 25.3. The van der Waals surface area contributed by atoms with E-state index in [4.69, 9.17) is 9.84 Å². The van der Waals surface area contributed by atoms with E-state index in [2.05, 4.69) is 5.32 Å². The first-order valence-corrected chi connectivity index (χ1v) is 8.04. The van der Waals surface area contributed by atoms with Crippen LogP contribution < -0.4 is 5.32 Å². The van der Waals surface area contributed by atoms with Crippen LogP contribution in [0.2, 0.25) is 0 Å². The fourth-order valence-electron chi connectivity index (χ4n) is 3.91. The van der Waals surface area contributed by atoms with Gasteiger partial charge in [-0.25, -0.2) is 4.79 Å². The van der Waals surface area contributed by atoms with Crippen LogP contribution in [0.4, 0.5) is 0 Å². The monoisotopic (exact) mass is 296 g/mol. The molecule has 4 unspecified atom stereocenters. The lowest BCUT2D eigenvalue weighted by Gasteiger charge is -2.42. The third-order valence-electron chi connectivity index (χ3n) is 5.10. The highest BCUT2D eigenvalue weighted by Crippen LogP contribution is 2.32. The number of aliphatic carboxylic acids is 1. The van der Waals surface area contributed by atoms with E-state index in [9.17, 15) is 9.59 Å². The van der Waals surface area contributed by atoms with Gasteiger partial charge in [-0.1, -0.05) is 12.8 Å². The van der Waals surface area contributed by atoms with Crippen LogP contribution in [0.15, 0.2) is 0 Å². The molecule has 6 nitrogen and oxygen atoms in total. The number of hydrogen-bond acceptors (Lipinski definition) is 4. The smallest absolute Gasteiger partial charge is 0.334 e. The van der Waals surface area contributed by atoms with Gasteiger partial charge >= 0.3 is 5.97 Å². The highest BCUT2D eigenvalue weighted by Gasteiger charge is 2.38. The maximum absolute atomic E-state index is 12.6. The van der Waals surface area contributed by atoms with Gasteiger partial charge in [0.15, 0.2) is 6.10 Å². The van der Waals surface area contributed by atoms with Crippen LogP contribution in [0.1, 0.15) is 38.5 Å². The van der Waals surface area contributed by atoms with E-state index >= 15 is 0 Å². The number of nitrogens with zero attached hydrogens (tertiary/aromatic N) is 1. The lowest BCUT2D eigenvalue weighted by atomic mass is 9.77. The first-order valence-electron chi connectivity index (χ1n) is 8.04. The number of carbonyl (C=O) groups excluding carboxylic acids is 1. The Hall–Kier alpha value is -1.14.